The molecular weight excluding hydrogens is 926 g/mol. The number of rotatable bonds is 12. The molecule has 0 saturated carbocycles. The maximum absolute atomic E-state index is 11.5. The van der Waals surface area contributed by atoms with Crippen LogP contribution in [0.1, 0.15) is 33.4 Å². The Morgan fingerprint density at radius 2 is 0.350 bits per heavy atom. The molecule has 6 aromatic carbocycles. The van der Waals surface area contributed by atoms with Crippen molar-refractivity contribution in [3.8, 4) is 0 Å². The van der Waals surface area contributed by atoms with Crippen molar-refractivity contribution in [1.29, 1.82) is 0 Å². The zero-order valence-corrected chi connectivity index (χ0v) is 37.1. The smallest absolute Gasteiger partial charge is 0.548 e. The molecule has 6 rings (SSSR count). The molecule has 0 unspecified atom stereocenters. The minimum atomic E-state index is -2.30. The molecule has 0 spiro atoms. The normalized spacial score (nSPS) is 10.4. The molecule has 60 heavy (non-hydrogen) atoms. The number of carboxylic acid groups (broad SMARTS) is 6. The molecule has 13 nitrogen and oxygen atoms in total. The Hall–Kier alpha value is -5.69. The summed E-state index contributed by atoms with van der Waals surface area (Å²) in [7, 11) is 0. The Labute approximate surface area is 394 Å². The van der Waals surface area contributed by atoms with Crippen LogP contribution in [0, 0.1) is 0 Å². The Bertz CT molecular complexity index is 1880. The summed E-state index contributed by atoms with van der Waals surface area (Å²) >= 11 is 0. The van der Waals surface area contributed by atoms with Gasteiger partial charge in [-0.3, -0.25) is 0 Å². The zero-order chi connectivity index (χ0) is 41.6. The average Bonchev–Trinajstić information content (AvgIpc) is 3.21. The summed E-state index contributed by atoms with van der Waals surface area (Å²) in [6, 6.07) is 46.0. The number of benzene rings is 6. The number of carbonyl (C=O) groups is 6. The van der Waals surface area contributed by atoms with Gasteiger partial charge in [0.25, 0.3) is 0 Å². The summed E-state index contributed by atoms with van der Waals surface area (Å²) in [5.41, 5.74) is -6.32. The van der Waals surface area contributed by atoms with Crippen molar-refractivity contribution >= 4 is 35.8 Å². The van der Waals surface area contributed by atoms with Gasteiger partial charge in [-0.05, 0) is 33.4 Å². The van der Waals surface area contributed by atoms with Gasteiger partial charge in [0.15, 0.2) is 0 Å². The summed E-state index contributed by atoms with van der Waals surface area (Å²) < 4.78 is 0. The number of carboxylic acids is 6. The van der Waals surface area contributed by atoms with Crippen molar-refractivity contribution in [3.63, 3.8) is 0 Å². The van der Waals surface area contributed by atoms with Crippen molar-refractivity contribution < 1.29 is 130 Å². The topological polar surface area (TPSA) is 272 Å². The van der Waals surface area contributed by atoms with Gasteiger partial charge in [-0.25, -0.2) is 0 Å². The third-order valence-corrected chi connectivity index (χ3v) is 9.08. The first-order valence-electron chi connectivity index (χ1n) is 16.9. The molecule has 0 amide bonds. The third kappa shape index (κ3) is 10.5. The molecule has 15 heteroatoms. The van der Waals surface area contributed by atoms with Crippen molar-refractivity contribution in [2.24, 2.45) is 0 Å². The van der Waals surface area contributed by atoms with Gasteiger partial charge in [-0.15, -0.1) is 0 Å². The summed E-state index contributed by atoms with van der Waals surface area (Å²) in [4.78, 5) is 69.2. The molecular formula is C45H32O13Y2. The predicted molar refractivity (Wildman–Crippen MR) is 195 cm³/mol. The van der Waals surface area contributed by atoms with Crippen LogP contribution in [-0.4, -0.2) is 41.3 Å². The van der Waals surface area contributed by atoms with Crippen LogP contribution in [0.4, 0.5) is 0 Å². The fourth-order valence-corrected chi connectivity index (χ4v) is 6.29. The fraction of sp³-hybridized carbons (Fsp3) is 0.0667. The van der Waals surface area contributed by atoms with Gasteiger partial charge in [-0.1, -0.05) is 182 Å². The summed E-state index contributed by atoms with van der Waals surface area (Å²) in [5, 5.41) is 69.2. The van der Waals surface area contributed by atoms with E-state index in [1.165, 1.54) is 72.8 Å². The monoisotopic (exact) mass is 958 g/mol. The van der Waals surface area contributed by atoms with Crippen LogP contribution in [0.15, 0.2) is 182 Å². The van der Waals surface area contributed by atoms with E-state index in [2.05, 4.69) is 0 Å². The Balaban J connectivity index is 0.000000439. The molecule has 0 fully saturated rings. The van der Waals surface area contributed by atoms with E-state index >= 15 is 0 Å². The van der Waals surface area contributed by atoms with Gasteiger partial charge in [-0.2, -0.15) is 0 Å². The minimum Gasteiger partial charge on any atom is -0.548 e. The second kappa shape index (κ2) is 23.8. The quantitative estimate of drug-likeness (QED) is 0.116. The van der Waals surface area contributed by atoms with Gasteiger partial charge in [0.2, 0.25) is 0 Å². The molecule has 0 radical (unpaired) electrons. The number of carbonyl (C=O) groups excluding carboxylic acids is 6. The van der Waals surface area contributed by atoms with E-state index in [9.17, 15) is 59.4 Å². The van der Waals surface area contributed by atoms with E-state index in [4.69, 9.17) is 0 Å². The number of hydrogen-bond acceptors (Lipinski definition) is 12. The summed E-state index contributed by atoms with van der Waals surface area (Å²) in [6.07, 6.45) is 0. The SMILES string of the molecule is O.O=C([O-])C(C(=O)[O-])(c1ccccc1)c1ccccc1.O=C([O-])C(C(=O)[O-])(c1ccccc1)c1ccccc1.O=C([O-])C(C(=O)[O-])(c1ccccc1)c1ccccc1.[Y+3].[Y+3]. The standard InChI is InChI=1S/3C15H12O4.H2O.2Y/c3*16-13(17)15(14(18)19,11-7-3-1-4-8-11)12-9-5-2-6-10-12;;;/h3*1-10H,(H,16,17)(H,18,19);1H2;;/q;;;;2*+3/p-6. The second-order valence-electron chi connectivity index (χ2n) is 12.2. The number of aliphatic carboxylic acids is 6. The molecule has 0 aliphatic rings. The Morgan fingerprint density at radius 3 is 0.433 bits per heavy atom. The zero-order valence-electron chi connectivity index (χ0n) is 31.4. The maximum Gasteiger partial charge on any atom is 3.00 e. The van der Waals surface area contributed by atoms with Gasteiger partial charge in [0.1, 0.15) is 0 Å². The van der Waals surface area contributed by atoms with Crippen LogP contribution in [0.5, 0.6) is 0 Å². The van der Waals surface area contributed by atoms with E-state index in [1.807, 2.05) is 0 Å². The molecule has 0 heterocycles. The van der Waals surface area contributed by atoms with Gasteiger partial charge >= 0.3 is 65.4 Å². The van der Waals surface area contributed by atoms with Crippen LogP contribution in [0.2, 0.25) is 0 Å². The molecule has 0 bridgehead atoms. The van der Waals surface area contributed by atoms with Gasteiger partial charge in [0.05, 0.1) is 52.1 Å². The predicted octanol–water partition coefficient (Wildman–Crippen LogP) is -2.41. The van der Waals surface area contributed by atoms with Crippen LogP contribution >= 0.6 is 0 Å². The summed E-state index contributed by atoms with van der Waals surface area (Å²) in [6.45, 7) is 0. The van der Waals surface area contributed by atoms with Crippen molar-refractivity contribution in [1.82, 2.24) is 0 Å². The molecule has 2 N–H and O–H groups in total. The minimum absolute atomic E-state index is 0. The molecule has 0 aliphatic heterocycles. The molecule has 0 aliphatic carbocycles. The van der Waals surface area contributed by atoms with E-state index in [0.717, 1.165) is 0 Å². The van der Waals surface area contributed by atoms with Crippen molar-refractivity contribution in [2.75, 3.05) is 0 Å². The molecule has 0 atom stereocenters. The molecule has 0 saturated heterocycles. The van der Waals surface area contributed by atoms with Crippen LogP contribution in [0.25, 0.3) is 0 Å². The van der Waals surface area contributed by atoms with Crippen molar-refractivity contribution in [2.45, 2.75) is 16.2 Å². The van der Waals surface area contributed by atoms with Crippen LogP contribution < -0.4 is 30.6 Å². The first-order chi connectivity index (χ1) is 27.3. The first-order valence-corrected chi connectivity index (χ1v) is 16.9. The van der Waals surface area contributed by atoms with Crippen molar-refractivity contribution in [3.05, 3.63) is 215 Å². The average molecular weight is 959 g/mol. The van der Waals surface area contributed by atoms with E-state index in [0.29, 0.717) is 0 Å². The number of hydrogen-bond donors (Lipinski definition) is 0. The van der Waals surface area contributed by atoms with E-state index < -0.39 is 52.1 Å². The Morgan fingerprint density at radius 1 is 0.250 bits per heavy atom. The largest absolute Gasteiger partial charge is 3.00 e. The van der Waals surface area contributed by atoms with E-state index in [-0.39, 0.29) is 104 Å². The Kier molecular flexibility index (Phi) is 20.7. The molecule has 0 aromatic heterocycles. The van der Waals surface area contributed by atoms with Crippen LogP contribution in [0.3, 0.4) is 0 Å². The van der Waals surface area contributed by atoms with E-state index in [1.54, 1.807) is 109 Å². The second-order valence-corrected chi connectivity index (χ2v) is 12.2. The van der Waals surface area contributed by atoms with Crippen LogP contribution in [-0.2, 0) is 110 Å². The first kappa shape index (κ1) is 52.3. The third-order valence-electron chi connectivity index (χ3n) is 9.08. The van der Waals surface area contributed by atoms with Gasteiger partial charge < -0.3 is 64.9 Å². The molecule has 6 aromatic rings. The summed E-state index contributed by atoms with van der Waals surface area (Å²) in [5.74, 6) is -10.3. The molecule has 296 valence electrons. The van der Waals surface area contributed by atoms with Gasteiger partial charge in [0, 0.05) is 0 Å². The fourth-order valence-electron chi connectivity index (χ4n) is 6.29. The maximum atomic E-state index is 11.5.